The van der Waals surface area contributed by atoms with Gasteiger partial charge in [-0.25, -0.2) is 23.1 Å². The molecule has 2 heterocycles. The van der Waals surface area contributed by atoms with Crippen LogP contribution in [-0.4, -0.2) is 77.6 Å². The number of aliphatic hydroxyl groups excluding tert-OH is 2. The van der Waals surface area contributed by atoms with E-state index in [1.165, 1.54) is 19.9 Å². The maximum Gasteiger partial charge on any atom is 0.490 e. The number of hydrogen-bond donors (Lipinski definition) is 7. The van der Waals surface area contributed by atoms with Crippen molar-refractivity contribution in [3.8, 4) is 0 Å². The number of amidine groups is 1. The minimum Gasteiger partial charge on any atom is -0.387 e. The van der Waals surface area contributed by atoms with Gasteiger partial charge in [-0.05, 0) is 12.0 Å². The van der Waals surface area contributed by atoms with E-state index >= 15 is 0 Å². The van der Waals surface area contributed by atoms with Gasteiger partial charge in [0.15, 0.2) is 12.4 Å². The fraction of sp³-hybridized carbons (Fsp3) is 0.750. The monoisotopic (exact) mass is 529 g/mol. The number of aliphatic imine (C=N–C) groups is 1. The first-order valence-electron chi connectivity index (χ1n) is 8.64. The fourth-order valence-corrected chi connectivity index (χ4v) is 6.02. The Morgan fingerprint density at radius 2 is 1.81 bits per heavy atom. The van der Waals surface area contributed by atoms with E-state index in [9.17, 15) is 38.1 Å². The van der Waals surface area contributed by atoms with Crippen LogP contribution in [0, 0.1) is 5.92 Å². The van der Waals surface area contributed by atoms with E-state index in [0.29, 0.717) is 0 Å². The van der Waals surface area contributed by atoms with Gasteiger partial charge in [-0.1, -0.05) is 13.8 Å². The summed E-state index contributed by atoms with van der Waals surface area (Å²) in [7, 11) is -16.9. The number of aliphatic hydroxyl groups is 2. The Labute approximate surface area is 180 Å². The highest BCUT2D eigenvalue weighted by Gasteiger charge is 2.60. The first kappa shape index (κ1) is 27.5. The fourth-order valence-electron chi connectivity index (χ4n) is 2.96. The van der Waals surface area contributed by atoms with Crippen LogP contribution in [0.15, 0.2) is 17.3 Å². The van der Waals surface area contributed by atoms with Gasteiger partial charge in [-0.2, -0.15) is 8.62 Å². The number of alkyl halides is 1. The third kappa shape index (κ3) is 6.42. The van der Waals surface area contributed by atoms with Gasteiger partial charge in [0.25, 0.3) is 0 Å². The second kappa shape index (κ2) is 9.47. The summed E-state index contributed by atoms with van der Waals surface area (Å²) in [6, 6.07) is 0. The Kier molecular flexibility index (Phi) is 8.13. The zero-order chi connectivity index (χ0) is 24.7. The molecular weight excluding hydrogens is 506 g/mol. The number of nitrogens with two attached hydrogens (primary N) is 1. The van der Waals surface area contributed by atoms with Crippen LogP contribution in [0.25, 0.3) is 0 Å². The molecule has 2 aliphatic heterocycles. The quantitative estimate of drug-likeness (QED) is 0.181. The molecular formula is C12H23FN3O13P3. The van der Waals surface area contributed by atoms with Crippen LogP contribution < -0.4 is 5.73 Å². The third-order valence-corrected chi connectivity index (χ3v) is 8.29. The van der Waals surface area contributed by atoms with Crippen molar-refractivity contribution >= 4 is 29.3 Å². The number of phosphoric acid groups is 3. The van der Waals surface area contributed by atoms with E-state index in [1.54, 1.807) is 0 Å². The maximum absolute atomic E-state index is 14.9. The molecule has 0 radical (unpaired) electrons. The van der Waals surface area contributed by atoms with Crippen LogP contribution >= 0.6 is 23.5 Å². The number of rotatable bonds is 9. The zero-order valence-electron chi connectivity index (χ0n) is 16.5. The smallest absolute Gasteiger partial charge is 0.387 e. The van der Waals surface area contributed by atoms with Gasteiger partial charge in [-0.15, -0.1) is 0 Å². The van der Waals surface area contributed by atoms with Crippen LogP contribution in [0.2, 0.25) is 0 Å². The molecule has 0 aliphatic carbocycles. The molecule has 2 aliphatic rings. The number of hydrogen-bond acceptors (Lipinski definition) is 12. The van der Waals surface area contributed by atoms with Crippen LogP contribution in [-0.2, 0) is 31.6 Å². The molecule has 0 aromatic heterocycles. The molecule has 2 rings (SSSR count). The SMILES string of the molecule is CC(C)C1(COP(=O)(O)OP(=O)(O)OP(=O)(O)O)OC(N2C=CC(N)=NC2O)C(F)C1O. The maximum atomic E-state index is 14.9. The van der Waals surface area contributed by atoms with E-state index in [0.717, 1.165) is 11.1 Å². The minimum absolute atomic E-state index is 0.0644. The molecule has 0 saturated carbocycles. The summed E-state index contributed by atoms with van der Waals surface area (Å²) < 4.78 is 66.4. The van der Waals surface area contributed by atoms with E-state index in [1.807, 2.05) is 0 Å². The van der Waals surface area contributed by atoms with Crippen molar-refractivity contribution in [1.29, 1.82) is 0 Å². The van der Waals surface area contributed by atoms with Gasteiger partial charge in [-0.3, -0.25) is 4.52 Å². The molecule has 8 N–H and O–H groups in total. The van der Waals surface area contributed by atoms with Crippen LogP contribution in [0.3, 0.4) is 0 Å². The molecule has 20 heteroatoms. The Morgan fingerprint density at radius 3 is 2.31 bits per heavy atom. The van der Waals surface area contributed by atoms with Gasteiger partial charge in [0.05, 0.1) is 6.61 Å². The summed E-state index contributed by atoms with van der Waals surface area (Å²) in [6.07, 6.45) is -5.15. The number of nitrogens with zero attached hydrogens (tertiary/aromatic N) is 2. The standard InChI is InChI=1S/C12H23FN3O13P3/c1-6(2)12(5-26-31(22,23)29-32(24,25)28-30(19,20)21)9(17)8(13)10(27-12)16-4-3-7(14)15-11(16)18/h3-4,6,8-11,17-18H,5H2,1-2H3,(H2,14,15)(H,22,23)(H,24,25)(H2,19,20,21). The van der Waals surface area contributed by atoms with E-state index < -0.39 is 66.4 Å². The molecule has 1 saturated heterocycles. The molecule has 7 atom stereocenters. The van der Waals surface area contributed by atoms with Gasteiger partial charge >= 0.3 is 23.5 Å². The van der Waals surface area contributed by atoms with Gasteiger partial charge in [0.2, 0.25) is 6.35 Å². The predicted octanol–water partition coefficient (Wildman–Crippen LogP) is -0.758. The van der Waals surface area contributed by atoms with Crippen molar-refractivity contribution < 1.29 is 65.8 Å². The van der Waals surface area contributed by atoms with E-state index in [-0.39, 0.29) is 5.84 Å². The Bertz CT molecular complexity index is 912. The van der Waals surface area contributed by atoms with E-state index in [4.69, 9.17) is 20.3 Å². The molecule has 186 valence electrons. The molecule has 0 spiro atoms. The van der Waals surface area contributed by atoms with Crippen molar-refractivity contribution in [2.24, 2.45) is 16.6 Å². The average Bonchev–Trinajstić information content (AvgIpc) is 2.83. The van der Waals surface area contributed by atoms with Gasteiger partial charge in [0.1, 0.15) is 17.5 Å². The van der Waals surface area contributed by atoms with Crippen molar-refractivity contribution in [1.82, 2.24) is 4.90 Å². The summed E-state index contributed by atoms with van der Waals surface area (Å²) in [5.74, 6) is -0.877. The molecule has 0 aromatic rings. The highest BCUT2D eigenvalue weighted by Crippen LogP contribution is 2.66. The van der Waals surface area contributed by atoms with Gasteiger partial charge < -0.3 is 45.2 Å². The normalized spacial score (nSPS) is 34.9. The lowest BCUT2D eigenvalue weighted by atomic mass is 9.85. The van der Waals surface area contributed by atoms with Crippen molar-refractivity contribution in [2.75, 3.05) is 6.61 Å². The third-order valence-electron chi connectivity index (χ3n) is 4.50. The van der Waals surface area contributed by atoms with Gasteiger partial charge in [0, 0.05) is 6.20 Å². The van der Waals surface area contributed by atoms with Crippen molar-refractivity contribution in [2.45, 2.75) is 44.3 Å². The molecule has 32 heavy (non-hydrogen) atoms. The molecule has 0 aromatic carbocycles. The lowest BCUT2D eigenvalue weighted by Crippen LogP contribution is -2.50. The summed E-state index contributed by atoms with van der Waals surface area (Å²) in [6.45, 7) is 1.76. The van der Waals surface area contributed by atoms with Crippen LogP contribution in [0.4, 0.5) is 4.39 Å². The number of ether oxygens (including phenoxy) is 1. The second-order valence-electron chi connectivity index (χ2n) is 7.04. The molecule has 0 bridgehead atoms. The Hall–Kier alpha value is -0.770. The first-order valence-corrected chi connectivity index (χ1v) is 13.2. The zero-order valence-corrected chi connectivity index (χ0v) is 19.2. The predicted molar refractivity (Wildman–Crippen MR) is 102 cm³/mol. The molecule has 16 nitrogen and oxygen atoms in total. The lowest BCUT2D eigenvalue weighted by Gasteiger charge is -2.37. The van der Waals surface area contributed by atoms with Crippen molar-refractivity contribution in [3.63, 3.8) is 0 Å². The summed E-state index contributed by atoms with van der Waals surface area (Å²) in [4.78, 5) is 40.4. The second-order valence-corrected chi connectivity index (χ2v) is 11.5. The highest BCUT2D eigenvalue weighted by atomic mass is 31.3. The molecule has 1 fully saturated rings. The Morgan fingerprint density at radius 1 is 1.22 bits per heavy atom. The highest BCUT2D eigenvalue weighted by molar-refractivity contribution is 7.66. The van der Waals surface area contributed by atoms with E-state index in [2.05, 4.69) is 18.1 Å². The first-order chi connectivity index (χ1) is 14.4. The molecule has 0 amide bonds. The summed E-state index contributed by atoms with van der Waals surface area (Å²) in [5.41, 5.74) is 3.39. The minimum atomic E-state index is -5.77. The Balaban J connectivity index is 2.20. The lowest BCUT2D eigenvalue weighted by molar-refractivity contribution is -0.178. The van der Waals surface area contributed by atoms with Crippen molar-refractivity contribution in [3.05, 3.63) is 12.3 Å². The average molecular weight is 529 g/mol. The molecule has 7 unspecified atom stereocenters. The summed E-state index contributed by atoms with van der Waals surface area (Å²) >= 11 is 0. The van der Waals surface area contributed by atoms with Crippen LogP contribution in [0.5, 0.6) is 0 Å². The largest absolute Gasteiger partial charge is 0.490 e. The van der Waals surface area contributed by atoms with Crippen LogP contribution in [0.1, 0.15) is 13.8 Å². The number of phosphoric ester groups is 1. The topological polar surface area (TPSA) is 251 Å². The summed E-state index contributed by atoms with van der Waals surface area (Å²) in [5, 5.41) is 20.5. The number of halogens is 1.